The number of hydrogen-bond acceptors (Lipinski definition) is 1. The molecule has 0 heterocycles. The maximum atomic E-state index is 4.35. The molecule has 2 rings (SSSR count). The van der Waals surface area contributed by atoms with Crippen LogP contribution in [0.4, 0.5) is 0 Å². The van der Waals surface area contributed by atoms with Crippen molar-refractivity contribution in [1.82, 2.24) is 0 Å². The molecule has 3 heteroatoms. The van der Waals surface area contributed by atoms with Crippen LogP contribution in [-0.4, -0.2) is 11.0 Å². The van der Waals surface area contributed by atoms with E-state index in [0.29, 0.717) is 0 Å². The summed E-state index contributed by atoms with van der Waals surface area (Å²) in [6, 6.07) is 14.4. The van der Waals surface area contributed by atoms with Crippen LogP contribution in [0, 0.1) is 0 Å². The third-order valence-electron chi connectivity index (χ3n) is 1.77. The largest absolute Gasteiger partial charge is 0.412 e. The van der Waals surface area contributed by atoms with Crippen LogP contribution in [0.5, 0.6) is 0 Å². The van der Waals surface area contributed by atoms with E-state index >= 15 is 0 Å². The van der Waals surface area contributed by atoms with Crippen LogP contribution < -0.4 is 0 Å². The summed E-state index contributed by atoms with van der Waals surface area (Å²) in [7, 11) is 0. The van der Waals surface area contributed by atoms with Crippen molar-refractivity contribution in [2.75, 3.05) is 0 Å². The van der Waals surface area contributed by atoms with Gasteiger partial charge in [0.1, 0.15) is 0 Å². The minimum atomic E-state index is 0. The third kappa shape index (κ3) is 2.21. The van der Waals surface area contributed by atoms with Crippen molar-refractivity contribution in [1.29, 1.82) is 0 Å². The van der Waals surface area contributed by atoms with Gasteiger partial charge in [0.15, 0.2) is 0 Å². The van der Waals surface area contributed by atoms with Crippen LogP contribution in [0.25, 0.3) is 10.8 Å². The van der Waals surface area contributed by atoms with Gasteiger partial charge in [-0.1, -0.05) is 36.4 Å². The lowest BCUT2D eigenvalue weighted by molar-refractivity contribution is 0.823. The summed E-state index contributed by atoms with van der Waals surface area (Å²) in [6.45, 7) is 0. The molecule has 2 nitrogen and oxygen atoms in total. The first-order valence-electron chi connectivity index (χ1n) is 3.54. The molecule has 2 aromatic carbocycles. The van der Waals surface area contributed by atoms with E-state index in [2.05, 4.69) is 30.8 Å². The molecule has 0 amide bonds. The summed E-state index contributed by atoms with van der Waals surface area (Å²) in [5, 5.41) is 2.47. The molecular weight excluding hydrogens is 184 g/mol. The van der Waals surface area contributed by atoms with Crippen molar-refractivity contribution in [2.45, 2.75) is 4.90 Å². The Hall–Kier alpha value is -1.03. The molecule has 0 aliphatic heterocycles. The van der Waals surface area contributed by atoms with Crippen LogP contribution in [-0.2, 0) is 0 Å². The van der Waals surface area contributed by atoms with Crippen LogP contribution in [0.15, 0.2) is 47.4 Å². The second kappa shape index (κ2) is 4.87. The summed E-state index contributed by atoms with van der Waals surface area (Å²) >= 11 is 4.35. The van der Waals surface area contributed by atoms with Gasteiger partial charge in [-0.3, -0.25) is 0 Å². The zero-order valence-corrected chi connectivity index (χ0v) is 7.88. The van der Waals surface area contributed by atoms with Crippen molar-refractivity contribution in [3.63, 3.8) is 0 Å². The Morgan fingerprint density at radius 3 is 2.08 bits per heavy atom. The molecule has 0 radical (unpaired) electrons. The molecule has 0 aliphatic rings. The van der Waals surface area contributed by atoms with Gasteiger partial charge in [0.05, 0.1) is 0 Å². The fourth-order valence-electron chi connectivity index (χ4n) is 1.21. The highest BCUT2D eigenvalue weighted by Crippen LogP contribution is 2.20. The van der Waals surface area contributed by atoms with E-state index in [1.807, 2.05) is 24.3 Å². The van der Waals surface area contributed by atoms with Gasteiger partial charge in [0.2, 0.25) is 0 Å². The molecule has 0 unspecified atom stereocenters. The second-order valence-electron chi connectivity index (χ2n) is 2.50. The van der Waals surface area contributed by atoms with Gasteiger partial charge in [-0.05, 0) is 16.8 Å². The zero-order chi connectivity index (χ0) is 7.68. The highest BCUT2D eigenvalue weighted by Gasteiger charge is 1.92. The Labute approximate surface area is 82.2 Å². The molecule has 0 atom stereocenters. The molecule has 13 heavy (non-hydrogen) atoms. The molecule has 0 fully saturated rings. The molecule has 0 saturated carbocycles. The number of hydrogen-bond donors (Lipinski definition) is 1. The maximum Gasteiger partial charge on any atom is 0.0119 e. The fourth-order valence-corrected chi connectivity index (χ4v) is 1.50. The molecule has 0 aliphatic carbocycles. The molecule has 4 N–H and O–H groups in total. The minimum Gasteiger partial charge on any atom is -0.412 e. The van der Waals surface area contributed by atoms with Gasteiger partial charge in [0.25, 0.3) is 0 Å². The van der Waals surface area contributed by atoms with Gasteiger partial charge < -0.3 is 11.0 Å². The fraction of sp³-hybridized carbons (Fsp3) is 0. The molecular formula is C10H12O2S. The van der Waals surface area contributed by atoms with E-state index in [-0.39, 0.29) is 11.0 Å². The predicted octanol–water partition coefficient (Wildman–Crippen LogP) is 1.48. The van der Waals surface area contributed by atoms with Crippen molar-refractivity contribution >= 4 is 23.4 Å². The summed E-state index contributed by atoms with van der Waals surface area (Å²) < 4.78 is 0. The number of fused-ring (bicyclic) bond motifs is 1. The molecule has 70 valence electrons. The van der Waals surface area contributed by atoms with Gasteiger partial charge in [-0.25, -0.2) is 0 Å². The SMILES string of the molecule is O.O.Sc1cccc2ccccc12. The van der Waals surface area contributed by atoms with Crippen molar-refractivity contribution in [3.8, 4) is 0 Å². The first kappa shape index (κ1) is 12.0. The van der Waals surface area contributed by atoms with Crippen LogP contribution in [0.3, 0.4) is 0 Å². The van der Waals surface area contributed by atoms with E-state index in [1.54, 1.807) is 0 Å². The number of rotatable bonds is 0. The lowest BCUT2D eigenvalue weighted by Crippen LogP contribution is -1.71. The Kier molecular flexibility index (Phi) is 4.48. The number of benzene rings is 2. The van der Waals surface area contributed by atoms with Gasteiger partial charge in [0, 0.05) is 4.90 Å². The van der Waals surface area contributed by atoms with Crippen molar-refractivity contribution < 1.29 is 11.0 Å². The molecule has 0 spiro atoms. The van der Waals surface area contributed by atoms with E-state index < -0.39 is 0 Å². The maximum absolute atomic E-state index is 4.35. The summed E-state index contributed by atoms with van der Waals surface area (Å²) in [6.07, 6.45) is 0. The quantitative estimate of drug-likeness (QED) is 0.620. The minimum absolute atomic E-state index is 0. The molecule has 0 aromatic heterocycles. The summed E-state index contributed by atoms with van der Waals surface area (Å²) in [4.78, 5) is 1.04. The second-order valence-corrected chi connectivity index (χ2v) is 2.98. The van der Waals surface area contributed by atoms with Crippen LogP contribution in [0.2, 0.25) is 0 Å². The van der Waals surface area contributed by atoms with Gasteiger partial charge >= 0.3 is 0 Å². The van der Waals surface area contributed by atoms with Crippen LogP contribution in [0.1, 0.15) is 0 Å². The van der Waals surface area contributed by atoms with Crippen LogP contribution >= 0.6 is 12.6 Å². The smallest absolute Gasteiger partial charge is 0.0119 e. The summed E-state index contributed by atoms with van der Waals surface area (Å²) in [5.74, 6) is 0. The predicted molar refractivity (Wildman–Crippen MR) is 58.4 cm³/mol. The Morgan fingerprint density at radius 1 is 0.769 bits per heavy atom. The highest BCUT2D eigenvalue weighted by atomic mass is 32.1. The van der Waals surface area contributed by atoms with E-state index in [4.69, 9.17) is 0 Å². The van der Waals surface area contributed by atoms with Crippen molar-refractivity contribution in [3.05, 3.63) is 42.5 Å². The standard InChI is InChI=1S/C10H8S.2H2O/c11-10-7-3-5-8-4-1-2-6-9(8)10;;/h1-7,11H;2*1H2. The lowest BCUT2D eigenvalue weighted by atomic mass is 10.1. The van der Waals surface area contributed by atoms with E-state index in [0.717, 1.165) is 4.90 Å². The zero-order valence-electron chi connectivity index (χ0n) is 6.99. The molecule has 0 bridgehead atoms. The first-order valence-corrected chi connectivity index (χ1v) is 3.99. The Bertz CT molecular complexity index is 382. The topological polar surface area (TPSA) is 63.0 Å². The Balaban J connectivity index is 0.000000720. The normalized spacial score (nSPS) is 8.69. The van der Waals surface area contributed by atoms with Crippen molar-refractivity contribution in [2.24, 2.45) is 0 Å². The average Bonchev–Trinajstić information content (AvgIpc) is 2.06. The number of thiol groups is 1. The Morgan fingerprint density at radius 2 is 1.38 bits per heavy atom. The highest BCUT2D eigenvalue weighted by molar-refractivity contribution is 7.80. The summed E-state index contributed by atoms with van der Waals surface area (Å²) in [5.41, 5.74) is 0. The lowest BCUT2D eigenvalue weighted by Gasteiger charge is -1.98. The van der Waals surface area contributed by atoms with Gasteiger partial charge in [-0.15, -0.1) is 12.6 Å². The molecule has 0 saturated heterocycles. The average molecular weight is 196 g/mol. The first-order chi connectivity index (χ1) is 5.38. The van der Waals surface area contributed by atoms with Gasteiger partial charge in [-0.2, -0.15) is 0 Å². The monoisotopic (exact) mass is 196 g/mol. The van der Waals surface area contributed by atoms with E-state index in [9.17, 15) is 0 Å². The van der Waals surface area contributed by atoms with E-state index in [1.165, 1.54) is 10.8 Å². The molecule has 2 aromatic rings. The third-order valence-corrected chi connectivity index (χ3v) is 2.16.